The molecule has 1 aliphatic rings. The minimum atomic E-state index is -0.273. The summed E-state index contributed by atoms with van der Waals surface area (Å²) in [5.74, 6) is -0.231. The third-order valence-corrected chi connectivity index (χ3v) is 4.72. The topological polar surface area (TPSA) is 23.6 Å². The zero-order valence-electron chi connectivity index (χ0n) is 13.4. The van der Waals surface area contributed by atoms with Crippen LogP contribution in [0.1, 0.15) is 11.1 Å². The van der Waals surface area contributed by atoms with Crippen LogP contribution in [0.4, 0.5) is 4.39 Å². The third kappa shape index (κ3) is 4.44. The molecule has 0 aliphatic carbocycles. The SMILES string of the molecule is CN1CCN(C(=O)/C(=C/c2ccc(F)cc2)c2ccsc2)CC1.[Cl-]. The molecule has 6 heteroatoms. The highest BCUT2D eigenvalue weighted by Gasteiger charge is 2.23. The summed E-state index contributed by atoms with van der Waals surface area (Å²) in [6.07, 6.45) is 1.85. The molecule has 1 saturated heterocycles. The zero-order valence-corrected chi connectivity index (χ0v) is 15.0. The van der Waals surface area contributed by atoms with E-state index in [2.05, 4.69) is 11.9 Å². The lowest BCUT2D eigenvalue weighted by Gasteiger charge is -2.33. The molecule has 3 nitrogen and oxygen atoms in total. The molecule has 24 heavy (non-hydrogen) atoms. The molecule has 0 saturated carbocycles. The second kappa shape index (κ2) is 8.42. The number of hydrogen-bond acceptors (Lipinski definition) is 3. The molecule has 0 bridgehead atoms. The van der Waals surface area contributed by atoms with E-state index in [1.54, 1.807) is 23.5 Å². The first kappa shape index (κ1) is 18.6. The zero-order chi connectivity index (χ0) is 16.2. The quantitative estimate of drug-likeness (QED) is 0.726. The summed E-state index contributed by atoms with van der Waals surface area (Å²) in [5, 5.41) is 3.94. The maximum absolute atomic E-state index is 13.1. The predicted molar refractivity (Wildman–Crippen MR) is 92.7 cm³/mol. The van der Waals surface area contributed by atoms with Crippen molar-refractivity contribution < 1.29 is 21.6 Å². The van der Waals surface area contributed by atoms with E-state index in [4.69, 9.17) is 0 Å². The van der Waals surface area contributed by atoms with Crippen molar-refractivity contribution in [3.63, 3.8) is 0 Å². The van der Waals surface area contributed by atoms with E-state index in [1.165, 1.54) is 12.1 Å². The van der Waals surface area contributed by atoms with E-state index >= 15 is 0 Å². The summed E-state index contributed by atoms with van der Waals surface area (Å²) in [6.45, 7) is 3.25. The van der Waals surface area contributed by atoms with Crippen LogP contribution >= 0.6 is 11.3 Å². The molecule has 0 atom stereocenters. The average Bonchev–Trinajstić information content (AvgIpc) is 3.08. The molecule has 1 aromatic heterocycles. The maximum Gasteiger partial charge on any atom is 0.254 e. The van der Waals surface area contributed by atoms with Crippen molar-refractivity contribution in [1.82, 2.24) is 9.80 Å². The maximum atomic E-state index is 13.1. The van der Waals surface area contributed by atoms with Gasteiger partial charge in [-0.1, -0.05) is 12.1 Å². The lowest BCUT2D eigenvalue weighted by Crippen LogP contribution is -3.00. The largest absolute Gasteiger partial charge is 1.00 e. The molecule has 0 N–H and O–H groups in total. The summed E-state index contributed by atoms with van der Waals surface area (Å²) >= 11 is 1.57. The Bertz CT molecular complexity index is 692. The molecular formula is C18H19ClFN2OS-. The van der Waals surface area contributed by atoms with Crippen LogP contribution in [0.25, 0.3) is 11.6 Å². The number of hydrogen-bond donors (Lipinski definition) is 0. The molecule has 0 spiro atoms. The Balaban J connectivity index is 0.00000208. The highest BCUT2D eigenvalue weighted by molar-refractivity contribution is 7.08. The van der Waals surface area contributed by atoms with Gasteiger partial charge in [0.05, 0.1) is 0 Å². The number of likely N-dealkylation sites (N-methyl/N-ethyl adjacent to an activating group) is 1. The number of nitrogens with zero attached hydrogens (tertiary/aromatic N) is 2. The van der Waals surface area contributed by atoms with Gasteiger partial charge in [0.25, 0.3) is 5.91 Å². The highest BCUT2D eigenvalue weighted by atomic mass is 35.5. The average molecular weight is 366 g/mol. The van der Waals surface area contributed by atoms with Crippen LogP contribution in [-0.2, 0) is 4.79 Å². The first-order valence-electron chi connectivity index (χ1n) is 7.61. The van der Waals surface area contributed by atoms with Crippen LogP contribution in [0.15, 0.2) is 41.1 Å². The molecule has 1 fully saturated rings. The minimum Gasteiger partial charge on any atom is -1.00 e. The van der Waals surface area contributed by atoms with Crippen LogP contribution in [0.2, 0.25) is 0 Å². The van der Waals surface area contributed by atoms with Gasteiger partial charge in [0.15, 0.2) is 0 Å². The van der Waals surface area contributed by atoms with Gasteiger partial charge < -0.3 is 22.2 Å². The summed E-state index contributed by atoms with van der Waals surface area (Å²) < 4.78 is 13.1. The number of halogens is 2. The van der Waals surface area contributed by atoms with Gasteiger partial charge in [-0.05, 0) is 53.2 Å². The second-order valence-corrected chi connectivity index (χ2v) is 6.50. The van der Waals surface area contributed by atoms with Crippen molar-refractivity contribution in [1.29, 1.82) is 0 Å². The number of benzene rings is 1. The molecule has 2 aromatic rings. The van der Waals surface area contributed by atoms with Crippen LogP contribution in [0, 0.1) is 5.82 Å². The lowest BCUT2D eigenvalue weighted by molar-refractivity contribution is -0.126. The Kier molecular flexibility index (Phi) is 6.54. The summed E-state index contributed by atoms with van der Waals surface area (Å²) in [4.78, 5) is 17.1. The number of amides is 1. The molecule has 3 rings (SSSR count). The minimum absolute atomic E-state index is 0. The normalized spacial score (nSPS) is 15.9. The Morgan fingerprint density at radius 2 is 1.79 bits per heavy atom. The van der Waals surface area contributed by atoms with Crippen LogP contribution < -0.4 is 12.4 Å². The Labute approximate surface area is 151 Å². The molecule has 1 aliphatic heterocycles. The standard InChI is InChI=1S/C18H19FN2OS.ClH/c1-20-7-9-21(10-8-20)18(22)17(15-6-11-23-13-15)12-14-2-4-16(19)5-3-14;/h2-6,11-13H,7-10H2,1H3;1H/p-1/b17-12+;. The highest BCUT2D eigenvalue weighted by Crippen LogP contribution is 2.24. The van der Waals surface area contributed by atoms with E-state index in [9.17, 15) is 9.18 Å². The first-order valence-corrected chi connectivity index (χ1v) is 8.55. The third-order valence-electron chi connectivity index (χ3n) is 4.03. The fraction of sp³-hybridized carbons (Fsp3) is 0.278. The van der Waals surface area contributed by atoms with Crippen LogP contribution in [0.5, 0.6) is 0 Å². The van der Waals surface area contributed by atoms with Crippen LogP contribution in [-0.4, -0.2) is 48.9 Å². The van der Waals surface area contributed by atoms with Gasteiger partial charge in [-0.15, -0.1) is 0 Å². The number of thiophene rings is 1. The number of carbonyl (C=O) groups is 1. The van der Waals surface area contributed by atoms with Crippen molar-refractivity contribution in [2.75, 3.05) is 33.2 Å². The van der Waals surface area contributed by atoms with Gasteiger partial charge in [0.2, 0.25) is 0 Å². The molecular weight excluding hydrogens is 347 g/mol. The van der Waals surface area contributed by atoms with Gasteiger partial charge in [-0.2, -0.15) is 11.3 Å². The number of rotatable bonds is 3. The molecule has 1 amide bonds. The Hall–Kier alpha value is -1.69. The van der Waals surface area contributed by atoms with Crippen molar-refractivity contribution in [3.8, 4) is 0 Å². The van der Waals surface area contributed by atoms with E-state index in [0.29, 0.717) is 5.57 Å². The van der Waals surface area contributed by atoms with E-state index in [0.717, 1.165) is 37.3 Å². The monoisotopic (exact) mass is 365 g/mol. The van der Waals surface area contributed by atoms with Crippen molar-refractivity contribution in [2.45, 2.75) is 0 Å². The van der Waals surface area contributed by atoms with E-state index in [-0.39, 0.29) is 24.1 Å². The molecule has 0 unspecified atom stereocenters. The second-order valence-electron chi connectivity index (χ2n) is 5.72. The lowest BCUT2D eigenvalue weighted by atomic mass is 10.0. The fourth-order valence-electron chi connectivity index (χ4n) is 2.59. The van der Waals surface area contributed by atoms with Gasteiger partial charge >= 0.3 is 0 Å². The Morgan fingerprint density at radius 3 is 2.38 bits per heavy atom. The Morgan fingerprint density at radius 1 is 1.12 bits per heavy atom. The van der Waals surface area contributed by atoms with Gasteiger partial charge in [0.1, 0.15) is 5.82 Å². The fourth-order valence-corrected chi connectivity index (χ4v) is 3.25. The summed E-state index contributed by atoms with van der Waals surface area (Å²) in [6, 6.07) is 8.17. The number of piperazine rings is 1. The van der Waals surface area contributed by atoms with Crippen molar-refractivity contribution >= 4 is 28.9 Å². The van der Waals surface area contributed by atoms with Crippen molar-refractivity contribution in [3.05, 3.63) is 58.0 Å². The molecule has 2 heterocycles. The van der Waals surface area contributed by atoms with E-state index < -0.39 is 0 Å². The first-order chi connectivity index (χ1) is 11.1. The van der Waals surface area contributed by atoms with Gasteiger partial charge in [0, 0.05) is 31.8 Å². The van der Waals surface area contributed by atoms with Crippen molar-refractivity contribution in [2.24, 2.45) is 0 Å². The number of carbonyl (C=O) groups excluding carboxylic acids is 1. The van der Waals surface area contributed by atoms with E-state index in [1.807, 2.05) is 27.8 Å². The summed E-state index contributed by atoms with van der Waals surface area (Å²) in [7, 11) is 2.07. The van der Waals surface area contributed by atoms with Crippen LogP contribution in [0.3, 0.4) is 0 Å². The molecule has 0 radical (unpaired) electrons. The smallest absolute Gasteiger partial charge is 0.254 e. The predicted octanol–water partition coefficient (Wildman–Crippen LogP) is 0.206. The van der Waals surface area contributed by atoms with Gasteiger partial charge in [-0.25, -0.2) is 4.39 Å². The summed E-state index contributed by atoms with van der Waals surface area (Å²) in [5.41, 5.74) is 2.42. The molecule has 1 aromatic carbocycles. The molecule has 128 valence electrons. The van der Waals surface area contributed by atoms with Gasteiger partial charge in [-0.3, -0.25) is 4.79 Å².